The molecule has 28 heavy (non-hydrogen) atoms. The number of nitrogens with zero attached hydrogens (tertiary/aromatic N) is 2. The van der Waals surface area contributed by atoms with Crippen molar-refractivity contribution in [3.63, 3.8) is 0 Å². The predicted molar refractivity (Wildman–Crippen MR) is 107 cm³/mol. The summed E-state index contributed by atoms with van der Waals surface area (Å²) in [7, 11) is 0. The summed E-state index contributed by atoms with van der Waals surface area (Å²) < 4.78 is 5.63. The molecule has 0 saturated carbocycles. The van der Waals surface area contributed by atoms with Gasteiger partial charge in [0.2, 0.25) is 0 Å². The molecule has 0 radical (unpaired) electrons. The summed E-state index contributed by atoms with van der Waals surface area (Å²) in [6.07, 6.45) is 1.35. The topological polar surface area (TPSA) is 97.7 Å². The van der Waals surface area contributed by atoms with E-state index < -0.39 is 10.8 Å². The Hall–Kier alpha value is -4.00. The normalized spacial score (nSPS) is 11.3. The Bertz CT molecular complexity index is 1260. The number of carbonyl (C=O) groups is 1. The molecule has 0 saturated heterocycles. The molecule has 0 aliphatic heterocycles. The van der Waals surface area contributed by atoms with Crippen LogP contribution in [-0.4, -0.2) is 17.0 Å². The van der Waals surface area contributed by atoms with Gasteiger partial charge in [-0.25, -0.2) is 5.43 Å². The van der Waals surface area contributed by atoms with Gasteiger partial charge < -0.3 is 4.42 Å². The fraction of sp³-hybridized carbons (Fsp3) is 0.0476. The van der Waals surface area contributed by atoms with E-state index in [0.717, 1.165) is 16.2 Å². The van der Waals surface area contributed by atoms with Crippen LogP contribution in [0.3, 0.4) is 0 Å². The summed E-state index contributed by atoms with van der Waals surface area (Å²) in [6.45, 7) is 1.66. The van der Waals surface area contributed by atoms with Crippen molar-refractivity contribution in [3.05, 3.63) is 87.7 Å². The van der Waals surface area contributed by atoms with Gasteiger partial charge in [-0.3, -0.25) is 14.9 Å². The largest absolute Gasteiger partial charge is 0.451 e. The molecule has 0 aliphatic rings. The zero-order valence-corrected chi connectivity index (χ0v) is 14.9. The van der Waals surface area contributed by atoms with Crippen LogP contribution in [0.15, 0.2) is 70.2 Å². The molecule has 4 rings (SSSR count). The minimum Gasteiger partial charge on any atom is -0.451 e. The van der Waals surface area contributed by atoms with Crippen LogP contribution in [0.25, 0.3) is 21.7 Å². The van der Waals surface area contributed by atoms with Crippen LogP contribution in [0.4, 0.5) is 5.69 Å². The molecule has 7 nitrogen and oxygen atoms in total. The molecule has 138 valence electrons. The Morgan fingerprint density at radius 3 is 2.75 bits per heavy atom. The van der Waals surface area contributed by atoms with Crippen molar-refractivity contribution in [2.24, 2.45) is 5.10 Å². The highest BCUT2D eigenvalue weighted by Crippen LogP contribution is 2.28. The molecule has 0 spiro atoms. The predicted octanol–water partition coefficient (Wildman–Crippen LogP) is 4.57. The Morgan fingerprint density at radius 2 is 1.93 bits per heavy atom. The quantitative estimate of drug-likeness (QED) is 0.322. The van der Waals surface area contributed by atoms with E-state index in [0.29, 0.717) is 16.7 Å². The number of furan rings is 1. The second kappa shape index (κ2) is 6.96. The molecular formula is C21H15N3O4. The van der Waals surface area contributed by atoms with Crippen LogP contribution in [0.5, 0.6) is 0 Å². The number of rotatable bonds is 4. The molecule has 0 bridgehead atoms. The molecule has 0 atom stereocenters. The van der Waals surface area contributed by atoms with Crippen molar-refractivity contribution >= 4 is 39.6 Å². The third-order valence-electron chi connectivity index (χ3n) is 4.46. The summed E-state index contributed by atoms with van der Waals surface area (Å²) in [5.41, 5.74) is 4.06. The summed E-state index contributed by atoms with van der Waals surface area (Å²) >= 11 is 0. The van der Waals surface area contributed by atoms with Crippen molar-refractivity contribution in [1.29, 1.82) is 0 Å². The van der Waals surface area contributed by atoms with E-state index in [1.165, 1.54) is 12.3 Å². The fourth-order valence-corrected chi connectivity index (χ4v) is 3.03. The van der Waals surface area contributed by atoms with E-state index in [9.17, 15) is 14.9 Å². The SMILES string of the molecule is Cc1ccc(/C=N/NC(=O)c2cc3c(ccc4ccccc43)o2)cc1[N+](=O)[O-]. The first-order valence-electron chi connectivity index (χ1n) is 8.53. The molecule has 1 amide bonds. The number of hydrogen-bond donors (Lipinski definition) is 1. The molecule has 7 heteroatoms. The van der Waals surface area contributed by atoms with Gasteiger partial charge in [-0.05, 0) is 29.8 Å². The van der Waals surface area contributed by atoms with Crippen LogP contribution in [0, 0.1) is 17.0 Å². The first-order chi connectivity index (χ1) is 13.5. The van der Waals surface area contributed by atoms with Crippen molar-refractivity contribution < 1.29 is 14.1 Å². The van der Waals surface area contributed by atoms with Crippen molar-refractivity contribution in [2.45, 2.75) is 6.92 Å². The van der Waals surface area contributed by atoms with Crippen LogP contribution in [0.2, 0.25) is 0 Å². The van der Waals surface area contributed by atoms with Crippen LogP contribution in [-0.2, 0) is 0 Å². The zero-order valence-electron chi connectivity index (χ0n) is 14.9. The summed E-state index contributed by atoms with van der Waals surface area (Å²) in [4.78, 5) is 22.9. The summed E-state index contributed by atoms with van der Waals surface area (Å²) in [5, 5.41) is 17.8. The van der Waals surface area contributed by atoms with Gasteiger partial charge in [-0.1, -0.05) is 42.5 Å². The highest BCUT2D eigenvalue weighted by molar-refractivity contribution is 6.08. The number of benzene rings is 3. The lowest BCUT2D eigenvalue weighted by molar-refractivity contribution is -0.385. The minimum atomic E-state index is -0.502. The standard InChI is InChI=1S/C21H15N3O4/c1-13-6-7-14(10-18(13)24(26)27)12-22-23-21(25)20-11-17-16-5-3-2-4-15(16)8-9-19(17)28-20/h2-12H,1H3,(H,23,25)/b22-12+. The molecule has 1 aromatic heterocycles. The third kappa shape index (κ3) is 3.21. The average Bonchev–Trinajstić information content (AvgIpc) is 3.14. The molecule has 1 heterocycles. The zero-order chi connectivity index (χ0) is 19.7. The van der Waals surface area contributed by atoms with E-state index in [-0.39, 0.29) is 11.4 Å². The second-order valence-corrected chi connectivity index (χ2v) is 6.31. The van der Waals surface area contributed by atoms with Crippen molar-refractivity contribution in [2.75, 3.05) is 0 Å². The number of nitro benzene ring substituents is 1. The van der Waals surface area contributed by atoms with Gasteiger partial charge in [-0.2, -0.15) is 5.10 Å². The van der Waals surface area contributed by atoms with Crippen LogP contribution in [0.1, 0.15) is 21.7 Å². The number of hydrazone groups is 1. The lowest BCUT2D eigenvalue weighted by Gasteiger charge is -1.99. The first-order valence-corrected chi connectivity index (χ1v) is 8.53. The lowest BCUT2D eigenvalue weighted by atomic mass is 10.1. The monoisotopic (exact) mass is 373 g/mol. The molecule has 0 unspecified atom stereocenters. The molecule has 0 aliphatic carbocycles. The smallest absolute Gasteiger partial charge is 0.307 e. The van der Waals surface area contributed by atoms with E-state index >= 15 is 0 Å². The third-order valence-corrected chi connectivity index (χ3v) is 4.46. The van der Waals surface area contributed by atoms with Crippen LogP contribution >= 0.6 is 0 Å². The summed E-state index contributed by atoms with van der Waals surface area (Å²) in [6, 6.07) is 18.0. The molecule has 0 fully saturated rings. The van der Waals surface area contributed by atoms with Gasteiger partial charge in [0, 0.05) is 22.6 Å². The van der Waals surface area contributed by atoms with Gasteiger partial charge in [-0.15, -0.1) is 0 Å². The molecule has 3 aromatic carbocycles. The second-order valence-electron chi connectivity index (χ2n) is 6.31. The Morgan fingerprint density at radius 1 is 1.11 bits per heavy atom. The minimum absolute atomic E-state index is 0.000520. The van der Waals surface area contributed by atoms with Crippen molar-refractivity contribution in [1.82, 2.24) is 5.43 Å². The number of aryl methyl sites for hydroxylation is 1. The maximum absolute atomic E-state index is 12.3. The molecule has 4 aromatic rings. The Balaban J connectivity index is 1.56. The van der Waals surface area contributed by atoms with Gasteiger partial charge in [0.25, 0.3) is 5.69 Å². The van der Waals surface area contributed by atoms with Crippen LogP contribution < -0.4 is 5.43 Å². The summed E-state index contributed by atoms with van der Waals surface area (Å²) in [5.74, 6) is -0.364. The van der Waals surface area contributed by atoms with Gasteiger partial charge in [0.05, 0.1) is 11.1 Å². The molecular weight excluding hydrogens is 358 g/mol. The van der Waals surface area contributed by atoms with Gasteiger partial charge >= 0.3 is 5.91 Å². The van der Waals surface area contributed by atoms with E-state index in [4.69, 9.17) is 4.42 Å². The average molecular weight is 373 g/mol. The Labute approximate surface area is 159 Å². The molecule has 1 N–H and O–H groups in total. The fourth-order valence-electron chi connectivity index (χ4n) is 3.03. The Kier molecular flexibility index (Phi) is 4.33. The first kappa shape index (κ1) is 17.4. The maximum Gasteiger partial charge on any atom is 0.307 e. The number of carbonyl (C=O) groups excluding carboxylic acids is 1. The lowest BCUT2D eigenvalue weighted by Crippen LogP contribution is -2.16. The number of hydrogen-bond acceptors (Lipinski definition) is 5. The highest BCUT2D eigenvalue weighted by atomic mass is 16.6. The number of amides is 1. The van der Waals surface area contributed by atoms with E-state index in [2.05, 4.69) is 10.5 Å². The maximum atomic E-state index is 12.3. The van der Waals surface area contributed by atoms with Gasteiger partial charge in [0.15, 0.2) is 5.76 Å². The van der Waals surface area contributed by atoms with Crippen molar-refractivity contribution in [3.8, 4) is 0 Å². The number of nitro groups is 1. The van der Waals surface area contributed by atoms with E-state index in [1.54, 1.807) is 25.1 Å². The van der Waals surface area contributed by atoms with Gasteiger partial charge in [0.1, 0.15) is 5.58 Å². The number of nitrogens with one attached hydrogen (secondary N) is 1. The highest BCUT2D eigenvalue weighted by Gasteiger charge is 2.14. The van der Waals surface area contributed by atoms with E-state index in [1.807, 2.05) is 36.4 Å². The number of fused-ring (bicyclic) bond motifs is 3.